The van der Waals surface area contributed by atoms with E-state index in [9.17, 15) is 0 Å². The molecule has 0 radical (unpaired) electrons. The van der Waals surface area contributed by atoms with Crippen LogP contribution in [0.1, 0.15) is 148 Å². The van der Waals surface area contributed by atoms with Crippen LogP contribution in [0.25, 0.3) is 0 Å². The van der Waals surface area contributed by atoms with Crippen molar-refractivity contribution in [2.24, 2.45) is 0 Å². The Morgan fingerprint density at radius 3 is 0.774 bits per heavy atom. The first-order valence-electron chi connectivity index (χ1n) is 15.0. The predicted molar refractivity (Wildman–Crippen MR) is 143 cm³/mol. The van der Waals surface area contributed by atoms with Gasteiger partial charge in [-0.2, -0.15) is 0 Å². The lowest BCUT2D eigenvalue weighted by Gasteiger charge is -2.49. The lowest BCUT2D eigenvalue weighted by atomic mass is 9.99. The molecule has 0 spiro atoms. The van der Waals surface area contributed by atoms with Crippen molar-refractivity contribution in [3.05, 3.63) is 0 Å². The van der Waals surface area contributed by atoms with Gasteiger partial charge in [0.1, 0.15) is 0 Å². The van der Waals surface area contributed by atoms with Gasteiger partial charge >= 0.3 is 0 Å². The van der Waals surface area contributed by atoms with E-state index in [0.717, 1.165) is 0 Å². The minimum absolute atomic E-state index is 0.304. The summed E-state index contributed by atoms with van der Waals surface area (Å²) in [6.45, 7) is 0. The van der Waals surface area contributed by atoms with E-state index in [2.05, 4.69) is 0 Å². The van der Waals surface area contributed by atoms with Crippen LogP contribution in [0.15, 0.2) is 0 Å². The fraction of sp³-hybridized carbons (Fsp3) is 1.00. The number of hydrogen-bond donors (Lipinski definition) is 0. The number of rotatable bonds is 6. The van der Waals surface area contributed by atoms with E-state index in [4.69, 9.17) is 0 Å². The maximum atomic E-state index is 1.67. The third kappa shape index (κ3) is 5.75. The molecule has 31 heavy (non-hydrogen) atoms. The van der Waals surface area contributed by atoms with Crippen LogP contribution in [0.4, 0.5) is 0 Å². The van der Waals surface area contributed by atoms with Crippen molar-refractivity contribution in [2.45, 2.75) is 182 Å². The minimum Gasteiger partial charge on any atom is -0.0965 e. The molecule has 178 valence electrons. The van der Waals surface area contributed by atoms with Crippen molar-refractivity contribution >= 4 is 15.8 Å². The molecule has 0 unspecified atom stereocenters. The average Bonchev–Trinajstić information content (AvgIpc) is 3.31. The molecule has 0 saturated heterocycles. The average molecular weight is 463 g/mol. The molecule has 0 heterocycles. The molecule has 5 fully saturated rings. The number of hydrogen-bond acceptors (Lipinski definition) is 0. The maximum Gasteiger partial charge on any atom is -0.0136 e. The molecule has 0 aromatic carbocycles. The lowest BCUT2D eigenvalue weighted by Crippen LogP contribution is -2.34. The van der Waals surface area contributed by atoms with E-state index in [1.54, 1.807) is 148 Å². The fourth-order valence-corrected chi connectivity index (χ4v) is 19.0. The van der Waals surface area contributed by atoms with Gasteiger partial charge in [-0.1, -0.05) is 99.3 Å². The van der Waals surface area contributed by atoms with E-state index >= 15 is 0 Å². The Labute approximate surface area is 197 Å². The van der Waals surface area contributed by atoms with Gasteiger partial charge in [0.2, 0.25) is 0 Å². The van der Waals surface area contributed by atoms with E-state index in [1.807, 2.05) is 0 Å². The van der Waals surface area contributed by atoms with Crippen molar-refractivity contribution < 1.29 is 0 Å². The van der Waals surface area contributed by atoms with Crippen LogP contribution in [0.2, 0.25) is 0 Å². The van der Waals surface area contributed by atoms with Gasteiger partial charge in [0, 0.05) is 0 Å². The first-order chi connectivity index (χ1) is 15.4. The zero-order valence-electron chi connectivity index (χ0n) is 20.6. The second kappa shape index (κ2) is 12.0. The summed E-state index contributed by atoms with van der Waals surface area (Å²) in [5.74, 6) is 0. The van der Waals surface area contributed by atoms with E-state index in [-0.39, 0.29) is 0 Å². The van der Waals surface area contributed by atoms with Crippen LogP contribution in [-0.4, -0.2) is 34.0 Å². The summed E-state index contributed by atoms with van der Waals surface area (Å²) < 4.78 is 0. The van der Waals surface area contributed by atoms with Gasteiger partial charge in [-0.15, -0.1) is 0 Å². The van der Waals surface area contributed by atoms with E-state index in [1.165, 1.54) is 34.0 Å². The molecular weight excluding hydrogens is 410 g/mol. The molecule has 5 aliphatic rings. The molecule has 0 aromatic heterocycles. The second-order valence-electron chi connectivity index (χ2n) is 12.1. The van der Waals surface area contributed by atoms with Gasteiger partial charge < -0.3 is 0 Å². The molecule has 2 heteroatoms. The second-order valence-corrected chi connectivity index (χ2v) is 18.2. The van der Waals surface area contributed by atoms with Crippen molar-refractivity contribution in [1.29, 1.82) is 0 Å². The first-order valence-corrected chi connectivity index (χ1v) is 18.1. The molecule has 0 nitrogen and oxygen atoms in total. The predicted octanol–water partition coefficient (Wildman–Crippen LogP) is 10.2. The maximum absolute atomic E-state index is 1.67. The van der Waals surface area contributed by atoms with Crippen molar-refractivity contribution in [1.82, 2.24) is 0 Å². The quantitative estimate of drug-likeness (QED) is 0.344. The SMILES string of the molecule is C1CCC(P(C2CCCCC2)[C@@H]2CCC[C@H]2P(C2CCCCC2)C2CCCCC2)CC1. The molecule has 5 rings (SSSR count). The monoisotopic (exact) mass is 462 g/mol. The summed E-state index contributed by atoms with van der Waals surface area (Å²) in [6, 6.07) is 0. The Balaban J connectivity index is 1.40. The highest BCUT2D eigenvalue weighted by atomic mass is 31.1. The lowest BCUT2D eigenvalue weighted by molar-refractivity contribution is 0.475. The molecule has 2 atom stereocenters. The Bertz CT molecular complexity index is 427. The zero-order valence-corrected chi connectivity index (χ0v) is 22.4. The van der Waals surface area contributed by atoms with Gasteiger partial charge in [0.25, 0.3) is 0 Å². The summed E-state index contributed by atoms with van der Waals surface area (Å²) in [7, 11) is 0.609. The smallest absolute Gasteiger partial charge is 0.0136 e. The van der Waals surface area contributed by atoms with Crippen molar-refractivity contribution in [2.75, 3.05) is 0 Å². The zero-order chi connectivity index (χ0) is 20.9. The Kier molecular flexibility index (Phi) is 9.14. The van der Waals surface area contributed by atoms with E-state index in [0.29, 0.717) is 15.8 Å². The van der Waals surface area contributed by atoms with Crippen LogP contribution in [0.5, 0.6) is 0 Å². The fourth-order valence-electron chi connectivity index (χ4n) is 8.81. The summed E-state index contributed by atoms with van der Waals surface area (Å²) in [5.41, 5.74) is 7.19. The van der Waals surface area contributed by atoms with Crippen molar-refractivity contribution in [3.63, 3.8) is 0 Å². The normalized spacial score (nSPS) is 33.5. The van der Waals surface area contributed by atoms with Gasteiger partial charge in [-0.25, -0.2) is 0 Å². The topological polar surface area (TPSA) is 0 Å². The minimum atomic E-state index is 0.304. The molecule has 0 amide bonds. The molecule has 0 bridgehead atoms. The molecular formula is C29H52P2. The van der Waals surface area contributed by atoms with Gasteiger partial charge in [0.15, 0.2) is 0 Å². The van der Waals surface area contributed by atoms with Crippen LogP contribution in [0.3, 0.4) is 0 Å². The molecule has 0 aliphatic heterocycles. The van der Waals surface area contributed by atoms with Crippen molar-refractivity contribution in [3.8, 4) is 0 Å². The van der Waals surface area contributed by atoms with Crippen LogP contribution < -0.4 is 0 Å². The Morgan fingerprint density at radius 1 is 0.258 bits per heavy atom. The highest BCUT2D eigenvalue weighted by Gasteiger charge is 2.47. The molecule has 0 aromatic rings. The van der Waals surface area contributed by atoms with Gasteiger partial charge in [-0.3, -0.25) is 0 Å². The van der Waals surface area contributed by atoms with Crippen LogP contribution in [0, 0.1) is 0 Å². The Hall–Kier alpha value is 0.860. The van der Waals surface area contributed by atoms with Gasteiger partial charge in [-0.05, 0) is 98.2 Å². The highest BCUT2D eigenvalue weighted by molar-refractivity contribution is 7.64. The summed E-state index contributed by atoms with van der Waals surface area (Å²) in [5, 5.41) is 0. The third-order valence-corrected chi connectivity index (χ3v) is 18.6. The molecule has 5 saturated carbocycles. The van der Waals surface area contributed by atoms with Crippen LogP contribution in [-0.2, 0) is 0 Å². The summed E-state index contributed by atoms with van der Waals surface area (Å²) in [6.07, 6.45) is 36.9. The standard InChI is InChI=1S/C29H52P2/c1-5-14-24(15-6-1)30(25-16-7-2-8-17-25)28-22-13-23-29(28)31(26-18-9-3-10-19-26)27-20-11-4-12-21-27/h24-29H,1-23H2/t28-,29-/m1/s1. The summed E-state index contributed by atoms with van der Waals surface area (Å²) >= 11 is 0. The highest BCUT2D eigenvalue weighted by Crippen LogP contribution is 2.70. The molecule has 5 aliphatic carbocycles. The first kappa shape index (κ1) is 23.6. The Morgan fingerprint density at radius 2 is 0.516 bits per heavy atom. The third-order valence-electron chi connectivity index (χ3n) is 10.2. The van der Waals surface area contributed by atoms with E-state index < -0.39 is 0 Å². The summed E-state index contributed by atoms with van der Waals surface area (Å²) in [4.78, 5) is 0. The largest absolute Gasteiger partial charge is 0.0965 e. The van der Waals surface area contributed by atoms with Gasteiger partial charge in [0.05, 0.1) is 0 Å². The molecule has 0 N–H and O–H groups in total. The van der Waals surface area contributed by atoms with Crippen LogP contribution >= 0.6 is 15.8 Å².